The standard InChI is InChI=1S/C20H24N6O4S/c27-18(21-14-6-3-7-15(10-14)26(29)30)12-25-9-8-16-17(11-25)31-20(23-16)24-19(28)22-13-4-1-2-5-13/h3,6-7,10,13H,1-2,4-5,8-9,11-12H2,(H,21,27)(H2,22,23,24,28). The molecule has 0 spiro atoms. The van der Waals surface area contributed by atoms with Crippen LogP contribution in [0, 0.1) is 10.1 Å². The number of carbonyl (C=O) groups excluding carboxylic acids is 2. The maximum absolute atomic E-state index is 12.4. The molecule has 1 aromatic carbocycles. The van der Waals surface area contributed by atoms with Gasteiger partial charge in [-0.25, -0.2) is 9.78 Å². The minimum Gasteiger partial charge on any atom is -0.335 e. The molecule has 1 aliphatic carbocycles. The van der Waals surface area contributed by atoms with Gasteiger partial charge in [-0.05, 0) is 18.9 Å². The summed E-state index contributed by atoms with van der Waals surface area (Å²) in [5, 5.41) is 20.0. The molecule has 2 aliphatic rings. The van der Waals surface area contributed by atoms with Gasteiger partial charge in [0.15, 0.2) is 5.13 Å². The number of hydrogen-bond donors (Lipinski definition) is 3. The van der Waals surface area contributed by atoms with Crippen LogP contribution in [0.2, 0.25) is 0 Å². The van der Waals surface area contributed by atoms with Gasteiger partial charge in [0.1, 0.15) is 0 Å². The predicted molar refractivity (Wildman–Crippen MR) is 117 cm³/mol. The van der Waals surface area contributed by atoms with Gasteiger partial charge >= 0.3 is 6.03 Å². The molecule has 1 aromatic heterocycles. The van der Waals surface area contributed by atoms with Crippen LogP contribution >= 0.6 is 11.3 Å². The van der Waals surface area contributed by atoms with Gasteiger partial charge in [0.2, 0.25) is 5.91 Å². The van der Waals surface area contributed by atoms with Crippen molar-refractivity contribution in [2.24, 2.45) is 0 Å². The Labute approximate surface area is 183 Å². The summed E-state index contributed by atoms with van der Waals surface area (Å²) >= 11 is 1.43. The number of carbonyl (C=O) groups is 2. The first-order chi connectivity index (χ1) is 15.0. The van der Waals surface area contributed by atoms with Crippen molar-refractivity contribution >= 4 is 39.8 Å². The van der Waals surface area contributed by atoms with E-state index in [4.69, 9.17) is 0 Å². The van der Waals surface area contributed by atoms with Crippen LogP contribution in [-0.2, 0) is 17.8 Å². The van der Waals surface area contributed by atoms with E-state index >= 15 is 0 Å². The molecule has 1 fully saturated rings. The zero-order valence-electron chi connectivity index (χ0n) is 16.9. The summed E-state index contributed by atoms with van der Waals surface area (Å²) in [6.45, 7) is 1.42. The lowest BCUT2D eigenvalue weighted by Gasteiger charge is -2.25. The Bertz CT molecular complexity index is 988. The molecule has 1 aliphatic heterocycles. The normalized spacial score (nSPS) is 16.5. The van der Waals surface area contributed by atoms with Gasteiger partial charge in [-0.3, -0.25) is 25.1 Å². The molecule has 11 heteroatoms. The van der Waals surface area contributed by atoms with E-state index in [2.05, 4.69) is 20.9 Å². The number of anilines is 2. The fourth-order valence-corrected chi connectivity index (χ4v) is 4.97. The van der Waals surface area contributed by atoms with Crippen molar-refractivity contribution in [3.63, 3.8) is 0 Å². The minimum atomic E-state index is -0.495. The van der Waals surface area contributed by atoms with Gasteiger partial charge in [0.05, 0.1) is 17.2 Å². The summed E-state index contributed by atoms with van der Waals surface area (Å²) in [5.41, 5.74) is 1.29. The number of rotatable bonds is 6. The van der Waals surface area contributed by atoms with Crippen molar-refractivity contribution in [3.05, 3.63) is 45.0 Å². The van der Waals surface area contributed by atoms with Crippen LogP contribution in [0.3, 0.4) is 0 Å². The molecule has 3 amide bonds. The number of amides is 3. The highest BCUT2D eigenvalue weighted by Crippen LogP contribution is 2.28. The van der Waals surface area contributed by atoms with E-state index in [1.807, 2.05) is 4.90 Å². The molecule has 10 nitrogen and oxygen atoms in total. The lowest BCUT2D eigenvalue weighted by Crippen LogP contribution is -2.36. The topological polar surface area (TPSA) is 130 Å². The quantitative estimate of drug-likeness (QED) is 0.464. The third-order valence-electron chi connectivity index (χ3n) is 5.43. The first kappa shape index (κ1) is 21.2. The Morgan fingerprint density at radius 2 is 2.06 bits per heavy atom. The highest BCUT2D eigenvalue weighted by molar-refractivity contribution is 7.15. The minimum absolute atomic E-state index is 0.0675. The molecule has 3 N–H and O–H groups in total. The third kappa shape index (κ3) is 5.56. The highest BCUT2D eigenvalue weighted by Gasteiger charge is 2.24. The second kappa shape index (κ2) is 9.40. The number of thiazole rings is 1. The van der Waals surface area contributed by atoms with E-state index in [0.29, 0.717) is 30.3 Å². The number of nitrogens with one attached hydrogen (secondary N) is 3. The number of non-ortho nitro benzene ring substituents is 1. The molecule has 1 saturated carbocycles. The van der Waals surface area contributed by atoms with E-state index in [1.165, 1.54) is 29.5 Å². The van der Waals surface area contributed by atoms with Crippen LogP contribution in [-0.4, -0.2) is 45.9 Å². The number of nitrogens with zero attached hydrogens (tertiary/aromatic N) is 3. The smallest absolute Gasteiger partial charge is 0.321 e. The van der Waals surface area contributed by atoms with Crippen molar-refractivity contribution in [1.82, 2.24) is 15.2 Å². The Balaban J connectivity index is 1.29. The number of urea groups is 1. The second-order valence-corrected chi connectivity index (χ2v) is 8.87. The average Bonchev–Trinajstić information content (AvgIpc) is 3.36. The molecule has 0 bridgehead atoms. The molecule has 2 heterocycles. The fraction of sp³-hybridized carbons (Fsp3) is 0.450. The van der Waals surface area contributed by atoms with Crippen molar-refractivity contribution < 1.29 is 14.5 Å². The zero-order chi connectivity index (χ0) is 21.8. The molecule has 0 unspecified atom stereocenters. The SMILES string of the molecule is O=C(CN1CCc2nc(NC(=O)NC3CCCC3)sc2C1)Nc1cccc([N+](=O)[O-])c1. The number of fused-ring (bicyclic) bond motifs is 1. The van der Waals surface area contributed by atoms with Crippen LogP contribution in [0.4, 0.5) is 21.3 Å². The van der Waals surface area contributed by atoms with Crippen LogP contribution in [0.1, 0.15) is 36.3 Å². The number of benzene rings is 1. The van der Waals surface area contributed by atoms with E-state index < -0.39 is 4.92 Å². The van der Waals surface area contributed by atoms with Gasteiger partial charge in [-0.15, -0.1) is 11.3 Å². The van der Waals surface area contributed by atoms with Gasteiger partial charge in [0.25, 0.3) is 5.69 Å². The third-order valence-corrected chi connectivity index (χ3v) is 6.43. The van der Waals surface area contributed by atoms with Gasteiger partial charge in [0, 0.05) is 48.2 Å². The zero-order valence-corrected chi connectivity index (χ0v) is 17.7. The number of aromatic nitrogens is 1. The molecule has 0 radical (unpaired) electrons. The molecule has 164 valence electrons. The predicted octanol–water partition coefficient (Wildman–Crippen LogP) is 3.11. The molecule has 31 heavy (non-hydrogen) atoms. The molecule has 2 aromatic rings. The summed E-state index contributed by atoms with van der Waals surface area (Å²) in [6.07, 6.45) is 5.05. The monoisotopic (exact) mass is 444 g/mol. The van der Waals surface area contributed by atoms with Crippen molar-refractivity contribution in [3.8, 4) is 0 Å². The van der Waals surface area contributed by atoms with E-state index in [9.17, 15) is 19.7 Å². The van der Waals surface area contributed by atoms with Crippen LogP contribution in [0.5, 0.6) is 0 Å². The maximum atomic E-state index is 12.4. The lowest BCUT2D eigenvalue weighted by atomic mass is 10.2. The average molecular weight is 445 g/mol. The fourth-order valence-electron chi connectivity index (χ4n) is 3.93. The first-order valence-corrected chi connectivity index (χ1v) is 11.1. The Kier molecular flexibility index (Phi) is 6.42. The highest BCUT2D eigenvalue weighted by atomic mass is 32.1. The summed E-state index contributed by atoms with van der Waals surface area (Å²) in [6, 6.07) is 5.91. The number of hydrogen-bond acceptors (Lipinski definition) is 7. The van der Waals surface area contributed by atoms with E-state index in [0.717, 1.165) is 36.3 Å². The maximum Gasteiger partial charge on any atom is 0.321 e. The summed E-state index contributed by atoms with van der Waals surface area (Å²) in [4.78, 5) is 42.5. The largest absolute Gasteiger partial charge is 0.335 e. The van der Waals surface area contributed by atoms with Crippen molar-refractivity contribution in [2.45, 2.75) is 44.7 Å². The van der Waals surface area contributed by atoms with E-state index in [1.54, 1.807) is 6.07 Å². The van der Waals surface area contributed by atoms with Gasteiger partial charge in [-0.2, -0.15) is 0 Å². The number of nitro groups is 1. The Morgan fingerprint density at radius 1 is 1.26 bits per heavy atom. The Hall–Kier alpha value is -3.05. The van der Waals surface area contributed by atoms with Crippen LogP contribution in [0.15, 0.2) is 24.3 Å². The lowest BCUT2D eigenvalue weighted by molar-refractivity contribution is -0.384. The Morgan fingerprint density at radius 3 is 2.84 bits per heavy atom. The van der Waals surface area contributed by atoms with Gasteiger partial charge in [-0.1, -0.05) is 18.9 Å². The molecular formula is C20H24N6O4S. The summed E-state index contributed by atoms with van der Waals surface area (Å²) < 4.78 is 0. The van der Waals surface area contributed by atoms with E-state index in [-0.39, 0.29) is 30.2 Å². The first-order valence-electron chi connectivity index (χ1n) is 10.3. The van der Waals surface area contributed by atoms with Crippen molar-refractivity contribution in [2.75, 3.05) is 23.7 Å². The number of nitro benzene ring substituents is 1. The van der Waals surface area contributed by atoms with Gasteiger partial charge < -0.3 is 10.6 Å². The molecule has 0 saturated heterocycles. The molecular weight excluding hydrogens is 420 g/mol. The van der Waals surface area contributed by atoms with Crippen LogP contribution in [0.25, 0.3) is 0 Å². The van der Waals surface area contributed by atoms with Crippen LogP contribution < -0.4 is 16.0 Å². The summed E-state index contributed by atoms with van der Waals surface area (Å²) in [7, 11) is 0. The van der Waals surface area contributed by atoms with Crippen molar-refractivity contribution in [1.29, 1.82) is 0 Å². The molecule has 0 atom stereocenters. The summed E-state index contributed by atoms with van der Waals surface area (Å²) in [5.74, 6) is -0.234. The second-order valence-electron chi connectivity index (χ2n) is 7.78. The molecule has 4 rings (SSSR count).